The van der Waals surface area contributed by atoms with Crippen LogP contribution < -0.4 is 11.1 Å². The van der Waals surface area contributed by atoms with Gasteiger partial charge in [-0.2, -0.15) is 13.2 Å². The molecule has 3 nitrogen and oxygen atoms in total. The number of halogens is 4. The summed E-state index contributed by atoms with van der Waals surface area (Å²) in [4.78, 5) is 11.9. The number of alkyl halides is 3. The Morgan fingerprint density at radius 2 is 1.71 bits per heavy atom. The lowest BCUT2D eigenvalue weighted by Gasteiger charge is -2.14. The van der Waals surface area contributed by atoms with Gasteiger partial charge in [0.25, 0.3) is 5.91 Å². The van der Waals surface area contributed by atoms with Gasteiger partial charge in [-0.25, -0.2) is 4.39 Å². The molecule has 2 aromatic carbocycles. The molecule has 0 aliphatic heterocycles. The van der Waals surface area contributed by atoms with Gasteiger partial charge in [0.2, 0.25) is 0 Å². The number of nitrogen functional groups attached to an aromatic ring is 1. The van der Waals surface area contributed by atoms with Gasteiger partial charge in [-0.3, -0.25) is 4.79 Å². The number of nitrogens with two attached hydrogens (primary N) is 1. The molecule has 0 saturated heterocycles. The first-order chi connectivity index (χ1) is 9.80. The Morgan fingerprint density at radius 3 is 2.38 bits per heavy atom. The van der Waals surface area contributed by atoms with E-state index in [4.69, 9.17) is 5.73 Å². The number of hydrogen-bond donors (Lipinski definition) is 2. The normalized spacial score (nSPS) is 11.2. The monoisotopic (exact) mass is 298 g/mol. The van der Waals surface area contributed by atoms with E-state index in [1.165, 1.54) is 24.3 Å². The third-order valence-electron chi connectivity index (χ3n) is 2.78. The second kappa shape index (κ2) is 5.43. The summed E-state index contributed by atoms with van der Waals surface area (Å²) >= 11 is 0. The van der Waals surface area contributed by atoms with Gasteiger partial charge < -0.3 is 11.1 Å². The lowest BCUT2D eigenvalue weighted by atomic mass is 10.1. The zero-order valence-electron chi connectivity index (χ0n) is 10.5. The summed E-state index contributed by atoms with van der Waals surface area (Å²) in [6.45, 7) is 0. The number of nitrogens with one attached hydrogen (secondary N) is 1. The molecular formula is C14H10F4N2O. The van der Waals surface area contributed by atoms with Crippen molar-refractivity contribution in [2.75, 3.05) is 11.1 Å². The molecule has 0 saturated carbocycles. The van der Waals surface area contributed by atoms with Gasteiger partial charge >= 0.3 is 6.18 Å². The fourth-order valence-electron chi connectivity index (χ4n) is 1.76. The van der Waals surface area contributed by atoms with Gasteiger partial charge in [-0.1, -0.05) is 18.2 Å². The van der Waals surface area contributed by atoms with Crippen molar-refractivity contribution in [1.29, 1.82) is 0 Å². The zero-order chi connectivity index (χ0) is 15.6. The van der Waals surface area contributed by atoms with Crippen LogP contribution in [0.4, 0.5) is 28.9 Å². The van der Waals surface area contributed by atoms with Crippen LogP contribution in [-0.2, 0) is 6.18 Å². The summed E-state index contributed by atoms with van der Waals surface area (Å²) in [6, 6.07) is 8.02. The maximum atomic E-state index is 13.3. The van der Waals surface area contributed by atoms with Crippen molar-refractivity contribution in [3.8, 4) is 0 Å². The molecular weight excluding hydrogens is 288 g/mol. The maximum Gasteiger partial charge on any atom is 0.418 e. The molecule has 0 atom stereocenters. The smallest absolute Gasteiger partial charge is 0.396 e. The highest BCUT2D eigenvalue weighted by Crippen LogP contribution is 2.34. The molecule has 0 aliphatic rings. The van der Waals surface area contributed by atoms with E-state index in [-0.39, 0.29) is 5.56 Å². The topological polar surface area (TPSA) is 55.1 Å². The van der Waals surface area contributed by atoms with E-state index in [0.29, 0.717) is 0 Å². The lowest BCUT2D eigenvalue weighted by molar-refractivity contribution is -0.136. The number of carbonyl (C=O) groups excluding carboxylic acids is 1. The van der Waals surface area contributed by atoms with Gasteiger partial charge in [0.1, 0.15) is 5.82 Å². The molecule has 3 N–H and O–H groups in total. The molecule has 0 aromatic heterocycles. The van der Waals surface area contributed by atoms with Crippen molar-refractivity contribution < 1.29 is 22.4 Å². The van der Waals surface area contributed by atoms with Crippen molar-refractivity contribution in [3.63, 3.8) is 0 Å². The summed E-state index contributed by atoms with van der Waals surface area (Å²) in [5.74, 6) is -1.73. The van der Waals surface area contributed by atoms with Gasteiger partial charge in [-0.15, -0.1) is 0 Å². The highest BCUT2D eigenvalue weighted by Gasteiger charge is 2.33. The van der Waals surface area contributed by atoms with Crippen molar-refractivity contribution in [1.82, 2.24) is 0 Å². The molecule has 0 aliphatic carbocycles. The number of carbonyl (C=O) groups is 1. The Bertz CT molecular complexity index is 683. The summed E-state index contributed by atoms with van der Waals surface area (Å²) < 4.78 is 51.7. The molecule has 0 unspecified atom stereocenters. The summed E-state index contributed by atoms with van der Waals surface area (Å²) in [7, 11) is 0. The highest BCUT2D eigenvalue weighted by atomic mass is 19.4. The van der Waals surface area contributed by atoms with Crippen molar-refractivity contribution in [2.24, 2.45) is 0 Å². The molecule has 0 fully saturated rings. The second-order valence-corrected chi connectivity index (χ2v) is 4.20. The molecule has 2 aromatic rings. The molecule has 0 spiro atoms. The first-order valence-electron chi connectivity index (χ1n) is 5.82. The number of amides is 1. The number of para-hydroxylation sites is 2. The molecule has 0 bridgehead atoms. The summed E-state index contributed by atoms with van der Waals surface area (Å²) in [6.07, 6.45) is -4.61. The van der Waals surface area contributed by atoms with Gasteiger partial charge in [-0.05, 0) is 24.3 Å². The van der Waals surface area contributed by atoms with Crippen LogP contribution in [0.1, 0.15) is 15.9 Å². The van der Waals surface area contributed by atoms with E-state index < -0.39 is 34.8 Å². The largest absolute Gasteiger partial charge is 0.418 e. The molecule has 0 radical (unpaired) electrons. The average Bonchev–Trinajstić information content (AvgIpc) is 2.41. The van der Waals surface area contributed by atoms with Crippen LogP contribution in [0, 0.1) is 5.82 Å². The van der Waals surface area contributed by atoms with E-state index in [2.05, 4.69) is 5.32 Å². The van der Waals surface area contributed by atoms with Gasteiger partial charge in [0, 0.05) is 0 Å². The Kier molecular flexibility index (Phi) is 3.84. The molecule has 0 heterocycles. The molecule has 21 heavy (non-hydrogen) atoms. The predicted molar refractivity (Wildman–Crippen MR) is 70.2 cm³/mol. The quantitative estimate of drug-likeness (QED) is 0.656. The van der Waals surface area contributed by atoms with E-state index in [0.717, 1.165) is 18.2 Å². The Balaban J connectivity index is 2.35. The Morgan fingerprint density at radius 1 is 1.05 bits per heavy atom. The number of hydrogen-bond acceptors (Lipinski definition) is 2. The minimum Gasteiger partial charge on any atom is -0.396 e. The van der Waals surface area contributed by atoms with E-state index in [9.17, 15) is 22.4 Å². The van der Waals surface area contributed by atoms with Crippen LogP contribution in [0.3, 0.4) is 0 Å². The highest BCUT2D eigenvalue weighted by molar-refractivity contribution is 6.08. The van der Waals surface area contributed by atoms with Crippen LogP contribution >= 0.6 is 0 Å². The van der Waals surface area contributed by atoms with Crippen molar-refractivity contribution in [3.05, 3.63) is 59.4 Å². The number of anilines is 2. The average molecular weight is 298 g/mol. The van der Waals surface area contributed by atoms with Crippen LogP contribution in [0.2, 0.25) is 0 Å². The summed E-state index contributed by atoms with van der Waals surface area (Å²) in [5.41, 5.74) is 3.35. The third-order valence-corrected chi connectivity index (χ3v) is 2.78. The second-order valence-electron chi connectivity index (χ2n) is 4.20. The minimum absolute atomic E-state index is 0.230. The van der Waals surface area contributed by atoms with Crippen molar-refractivity contribution in [2.45, 2.75) is 6.18 Å². The Hall–Kier alpha value is -2.57. The third kappa shape index (κ3) is 3.13. The zero-order valence-corrected chi connectivity index (χ0v) is 10.5. The van der Waals surface area contributed by atoms with Gasteiger partial charge in [0.15, 0.2) is 0 Å². The van der Waals surface area contributed by atoms with E-state index in [1.54, 1.807) is 0 Å². The Labute approximate surface area is 117 Å². The van der Waals surface area contributed by atoms with Crippen LogP contribution in [0.5, 0.6) is 0 Å². The van der Waals surface area contributed by atoms with Crippen LogP contribution in [0.15, 0.2) is 42.5 Å². The first-order valence-corrected chi connectivity index (χ1v) is 5.82. The summed E-state index contributed by atoms with van der Waals surface area (Å²) in [5, 5.41) is 2.10. The lowest BCUT2D eigenvalue weighted by Crippen LogP contribution is -2.18. The maximum absolute atomic E-state index is 13.3. The molecule has 7 heteroatoms. The van der Waals surface area contributed by atoms with Gasteiger partial charge in [0.05, 0.1) is 22.5 Å². The van der Waals surface area contributed by atoms with E-state index in [1.807, 2.05) is 0 Å². The van der Waals surface area contributed by atoms with E-state index >= 15 is 0 Å². The fourth-order valence-corrected chi connectivity index (χ4v) is 1.76. The van der Waals surface area contributed by atoms with Crippen LogP contribution in [0.25, 0.3) is 0 Å². The van der Waals surface area contributed by atoms with Crippen LogP contribution in [-0.4, -0.2) is 5.91 Å². The molecule has 1 amide bonds. The minimum atomic E-state index is -4.61. The fraction of sp³-hybridized carbons (Fsp3) is 0.0714. The SMILES string of the molecule is Nc1c(F)cccc1C(=O)Nc1ccccc1C(F)(F)F. The first kappa shape index (κ1) is 14.8. The predicted octanol–water partition coefficient (Wildman–Crippen LogP) is 3.68. The number of rotatable bonds is 2. The standard InChI is InChI=1S/C14H10F4N2O/c15-10-6-3-4-8(12(10)19)13(21)20-11-7-2-1-5-9(11)14(16,17)18/h1-7H,19H2,(H,20,21). The molecule has 110 valence electrons. The molecule has 2 rings (SSSR count). The number of benzene rings is 2. The van der Waals surface area contributed by atoms with Crippen molar-refractivity contribution >= 4 is 17.3 Å².